The smallest absolute Gasteiger partial charge is 0.300 e. The van der Waals surface area contributed by atoms with Crippen molar-refractivity contribution in [2.75, 3.05) is 18.0 Å². The van der Waals surface area contributed by atoms with Crippen molar-refractivity contribution in [1.29, 1.82) is 0 Å². The number of rotatable bonds is 2. The molecular formula is C18H29NO2. The quantitative estimate of drug-likeness (QED) is 0.810. The molecule has 0 radical (unpaired) electrons. The van der Waals surface area contributed by atoms with Crippen molar-refractivity contribution in [3.05, 3.63) is 42.5 Å². The number of allylic oxidation sites excluding steroid dienone is 1. The lowest BCUT2D eigenvalue weighted by molar-refractivity contribution is -0.134. The van der Waals surface area contributed by atoms with Gasteiger partial charge < -0.3 is 10.0 Å². The number of benzene rings is 1. The molecule has 0 aromatic heterocycles. The van der Waals surface area contributed by atoms with E-state index in [9.17, 15) is 0 Å². The number of aliphatic carboxylic acids is 1. The Morgan fingerprint density at radius 1 is 1.29 bits per heavy atom. The second-order valence-corrected chi connectivity index (χ2v) is 4.73. The van der Waals surface area contributed by atoms with E-state index in [0.717, 1.165) is 12.8 Å². The van der Waals surface area contributed by atoms with Crippen molar-refractivity contribution in [3.8, 4) is 0 Å². The second kappa shape index (κ2) is 12.0. The molecule has 1 atom stereocenters. The summed E-state index contributed by atoms with van der Waals surface area (Å²) in [7, 11) is 0. The van der Waals surface area contributed by atoms with E-state index >= 15 is 0 Å². The molecule has 1 saturated heterocycles. The molecule has 21 heavy (non-hydrogen) atoms. The largest absolute Gasteiger partial charge is 0.481 e. The third kappa shape index (κ3) is 8.90. The molecule has 0 amide bonds. The van der Waals surface area contributed by atoms with Gasteiger partial charge in [0.2, 0.25) is 0 Å². The summed E-state index contributed by atoms with van der Waals surface area (Å²) in [5.74, 6) is -0.0936. The summed E-state index contributed by atoms with van der Waals surface area (Å²) in [5.41, 5.74) is 1.37. The van der Waals surface area contributed by atoms with Gasteiger partial charge in [0.1, 0.15) is 0 Å². The van der Waals surface area contributed by atoms with Crippen molar-refractivity contribution in [2.45, 2.75) is 40.5 Å². The van der Waals surface area contributed by atoms with E-state index in [1.54, 1.807) is 0 Å². The van der Waals surface area contributed by atoms with Crippen molar-refractivity contribution in [1.82, 2.24) is 0 Å². The summed E-state index contributed by atoms with van der Waals surface area (Å²) < 4.78 is 0. The average Bonchev–Trinajstić information content (AvgIpc) is 2.50. The lowest BCUT2D eigenvalue weighted by Crippen LogP contribution is -2.34. The standard InChI is InChI=1S/C14H19N.C2H4O2.C2H6/c1-2-7-13-8-6-11-15(12-13)14-9-4-3-5-10-14;1-2(3)4;1-2/h2-5,7,9-10,13H,6,8,11-12H2,1H3;1H3,(H,3,4);1-2H3/b7-2-;;. The van der Waals surface area contributed by atoms with Crippen LogP contribution in [-0.2, 0) is 4.79 Å². The van der Waals surface area contributed by atoms with Crippen LogP contribution in [0.3, 0.4) is 0 Å². The summed E-state index contributed by atoms with van der Waals surface area (Å²) in [6.07, 6.45) is 7.17. The van der Waals surface area contributed by atoms with Crippen LogP contribution in [0, 0.1) is 5.92 Å². The molecule has 0 aliphatic carbocycles. The Morgan fingerprint density at radius 3 is 2.38 bits per heavy atom. The molecule has 2 rings (SSSR count). The van der Waals surface area contributed by atoms with Gasteiger partial charge in [-0.05, 0) is 37.8 Å². The Morgan fingerprint density at radius 2 is 1.86 bits per heavy atom. The van der Waals surface area contributed by atoms with Gasteiger partial charge in [-0.2, -0.15) is 0 Å². The number of hydrogen-bond donors (Lipinski definition) is 1. The highest BCUT2D eigenvalue weighted by Crippen LogP contribution is 2.23. The van der Waals surface area contributed by atoms with Crippen LogP contribution in [-0.4, -0.2) is 24.2 Å². The van der Waals surface area contributed by atoms with Gasteiger partial charge in [-0.1, -0.05) is 44.2 Å². The van der Waals surface area contributed by atoms with Gasteiger partial charge in [-0.25, -0.2) is 0 Å². The molecule has 1 aromatic rings. The zero-order valence-electron chi connectivity index (χ0n) is 13.7. The minimum atomic E-state index is -0.833. The molecular weight excluding hydrogens is 262 g/mol. The molecule has 1 fully saturated rings. The van der Waals surface area contributed by atoms with Crippen molar-refractivity contribution >= 4 is 11.7 Å². The highest BCUT2D eigenvalue weighted by molar-refractivity contribution is 5.62. The van der Waals surface area contributed by atoms with Crippen LogP contribution in [0.15, 0.2) is 42.5 Å². The zero-order chi connectivity index (χ0) is 16.1. The van der Waals surface area contributed by atoms with Crippen LogP contribution < -0.4 is 4.90 Å². The number of nitrogens with zero attached hydrogens (tertiary/aromatic N) is 1. The number of para-hydroxylation sites is 1. The van der Waals surface area contributed by atoms with Crippen molar-refractivity contribution in [3.63, 3.8) is 0 Å². The fourth-order valence-corrected chi connectivity index (χ4v) is 2.31. The highest BCUT2D eigenvalue weighted by Gasteiger charge is 2.17. The molecule has 1 unspecified atom stereocenters. The average molecular weight is 291 g/mol. The molecule has 1 aromatic carbocycles. The molecule has 0 spiro atoms. The maximum Gasteiger partial charge on any atom is 0.300 e. The van der Waals surface area contributed by atoms with Gasteiger partial charge in [0.15, 0.2) is 0 Å². The third-order valence-corrected chi connectivity index (χ3v) is 3.04. The predicted octanol–water partition coefficient (Wildman–Crippen LogP) is 4.60. The Balaban J connectivity index is 0.000000579. The first kappa shape index (κ1) is 19.2. The molecule has 3 heteroatoms. The molecule has 0 bridgehead atoms. The van der Waals surface area contributed by atoms with Gasteiger partial charge >= 0.3 is 0 Å². The van der Waals surface area contributed by atoms with Crippen LogP contribution in [0.5, 0.6) is 0 Å². The van der Waals surface area contributed by atoms with Gasteiger partial charge in [0.25, 0.3) is 5.97 Å². The first-order valence-electron chi connectivity index (χ1n) is 7.75. The van der Waals surface area contributed by atoms with E-state index in [1.807, 2.05) is 13.8 Å². The Labute approximate surface area is 129 Å². The van der Waals surface area contributed by atoms with E-state index in [-0.39, 0.29) is 0 Å². The predicted molar refractivity (Wildman–Crippen MR) is 90.9 cm³/mol. The molecule has 3 nitrogen and oxygen atoms in total. The van der Waals surface area contributed by atoms with Crippen LogP contribution in [0.1, 0.15) is 40.5 Å². The third-order valence-electron chi connectivity index (χ3n) is 3.04. The lowest BCUT2D eigenvalue weighted by atomic mass is 9.97. The maximum atomic E-state index is 9.00. The van der Waals surface area contributed by atoms with Gasteiger partial charge in [-0.15, -0.1) is 0 Å². The number of carboxylic acid groups (broad SMARTS) is 1. The van der Waals surface area contributed by atoms with Crippen LogP contribution in [0.4, 0.5) is 5.69 Å². The summed E-state index contributed by atoms with van der Waals surface area (Å²) in [5, 5.41) is 7.42. The number of carbonyl (C=O) groups is 1. The maximum absolute atomic E-state index is 9.00. The Hall–Kier alpha value is -1.77. The Bertz CT molecular complexity index is 397. The molecule has 1 N–H and O–H groups in total. The number of anilines is 1. The monoisotopic (exact) mass is 291 g/mol. The number of hydrogen-bond acceptors (Lipinski definition) is 2. The molecule has 0 saturated carbocycles. The number of piperidine rings is 1. The molecule has 1 aliphatic heterocycles. The molecule has 1 heterocycles. The highest BCUT2D eigenvalue weighted by atomic mass is 16.4. The fraction of sp³-hybridized carbons (Fsp3) is 0.500. The zero-order valence-corrected chi connectivity index (χ0v) is 13.7. The first-order chi connectivity index (χ1) is 10.1. The Kier molecular flexibility index (Phi) is 11.0. The van der Waals surface area contributed by atoms with E-state index in [4.69, 9.17) is 9.90 Å². The van der Waals surface area contributed by atoms with E-state index in [2.05, 4.69) is 54.3 Å². The fourth-order valence-electron chi connectivity index (χ4n) is 2.31. The SMILES string of the molecule is C/C=C\C1CCCN(c2ccccc2)C1.CC.CC(=O)O. The molecule has 118 valence electrons. The normalized spacial score (nSPS) is 17.3. The summed E-state index contributed by atoms with van der Waals surface area (Å²) in [6, 6.07) is 10.7. The van der Waals surface area contributed by atoms with E-state index < -0.39 is 5.97 Å². The van der Waals surface area contributed by atoms with Crippen LogP contribution in [0.25, 0.3) is 0 Å². The topological polar surface area (TPSA) is 40.5 Å². The van der Waals surface area contributed by atoms with Gasteiger partial charge in [-0.3, -0.25) is 4.79 Å². The second-order valence-electron chi connectivity index (χ2n) is 4.73. The summed E-state index contributed by atoms with van der Waals surface area (Å²) in [6.45, 7) is 9.58. The lowest BCUT2D eigenvalue weighted by Gasteiger charge is -2.33. The van der Waals surface area contributed by atoms with Gasteiger partial charge in [0.05, 0.1) is 0 Å². The summed E-state index contributed by atoms with van der Waals surface area (Å²) in [4.78, 5) is 11.5. The minimum Gasteiger partial charge on any atom is -0.481 e. The van der Waals surface area contributed by atoms with E-state index in [0.29, 0.717) is 0 Å². The number of carboxylic acids is 1. The van der Waals surface area contributed by atoms with E-state index in [1.165, 1.54) is 31.6 Å². The molecule has 1 aliphatic rings. The van der Waals surface area contributed by atoms with Crippen LogP contribution >= 0.6 is 0 Å². The summed E-state index contributed by atoms with van der Waals surface area (Å²) >= 11 is 0. The first-order valence-corrected chi connectivity index (χ1v) is 7.75. The van der Waals surface area contributed by atoms with Crippen LogP contribution in [0.2, 0.25) is 0 Å². The van der Waals surface area contributed by atoms with Gasteiger partial charge in [0, 0.05) is 25.7 Å². The van der Waals surface area contributed by atoms with Crippen molar-refractivity contribution < 1.29 is 9.90 Å². The minimum absolute atomic E-state index is 0.740. The van der Waals surface area contributed by atoms with Crippen molar-refractivity contribution in [2.24, 2.45) is 5.92 Å².